The van der Waals surface area contributed by atoms with Gasteiger partial charge in [0.05, 0.1) is 6.20 Å². The molecule has 1 N–H and O–H groups in total. The van der Waals surface area contributed by atoms with Crippen LogP contribution in [0.1, 0.15) is 12.6 Å². The molecule has 0 aliphatic carbocycles. The third-order valence-corrected chi connectivity index (χ3v) is 3.79. The zero-order valence-electron chi connectivity index (χ0n) is 13.7. The van der Waals surface area contributed by atoms with Crippen molar-refractivity contribution < 1.29 is 4.74 Å². The number of nitrogens with zero attached hydrogens (tertiary/aromatic N) is 5. The first-order valence-electron chi connectivity index (χ1n) is 7.65. The largest absolute Gasteiger partial charge is 0.470 e. The highest BCUT2D eigenvalue weighted by molar-refractivity contribution is 6.35. The van der Waals surface area contributed by atoms with E-state index in [0.29, 0.717) is 16.7 Å². The van der Waals surface area contributed by atoms with Crippen molar-refractivity contribution in [1.29, 1.82) is 5.26 Å². The normalized spacial score (nSPS) is 11.6. The van der Waals surface area contributed by atoms with Crippen LogP contribution >= 0.6 is 11.6 Å². The number of nitrogens with one attached hydrogen (secondary N) is 1. The SMILES string of the molecule is C[C@H](CN=O)Oc1nc(Nc2cc3cccc(Cl)c3cn2)cnc1C#N. The number of rotatable bonds is 6. The lowest BCUT2D eigenvalue weighted by molar-refractivity contribution is 0.219. The van der Waals surface area contributed by atoms with Gasteiger partial charge in [0, 0.05) is 16.6 Å². The molecule has 0 amide bonds. The lowest BCUT2D eigenvalue weighted by Gasteiger charge is -2.12. The molecule has 0 saturated carbocycles. The van der Waals surface area contributed by atoms with Crippen molar-refractivity contribution in [2.24, 2.45) is 5.18 Å². The number of hydrogen-bond acceptors (Lipinski definition) is 8. The van der Waals surface area contributed by atoms with Gasteiger partial charge in [0.2, 0.25) is 5.69 Å². The summed E-state index contributed by atoms with van der Waals surface area (Å²) < 4.78 is 5.47. The molecule has 1 aromatic carbocycles. The minimum Gasteiger partial charge on any atom is -0.470 e. The molecule has 2 aromatic heterocycles. The number of nitroso groups, excluding NO2 is 1. The zero-order valence-corrected chi connectivity index (χ0v) is 14.4. The fraction of sp³-hybridized carbons (Fsp3) is 0.176. The number of fused-ring (bicyclic) bond motifs is 1. The molecular formula is C17H13ClN6O2. The molecule has 9 heteroatoms. The first-order chi connectivity index (χ1) is 12.6. The predicted molar refractivity (Wildman–Crippen MR) is 97.5 cm³/mol. The van der Waals surface area contributed by atoms with Crippen molar-refractivity contribution in [3.05, 3.63) is 52.3 Å². The Bertz CT molecular complexity index is 1000. The topological polar surface area (TPSA) is 113 Å². The van der Waals surface area contributed by atoms with Crippen molar-refractivity contribution in [2.45, 2.75) is 13.0 Å². The summed E-state index contributed by atoms with van der Waals surface area (Å²) in [5, 5.41) is 17.3. The molecule has 0 aliphatic heterocycles. The minimum atomic E-state index is -0.523. The van der Waals surface area contributed by atoms with E-state index in [-0.39, 0.29) is 18.1 Å². The standard InChI is InChI=1S/C17H13ClN6O2/c1-10(7-22-25)26-17-14(6-19)20-9-16(24-17)23-15-5-11-3-2-4-13(18)12(11)8-21-15/h2-5,8-10H,7H2,1H3,(H,21,23,24)/t10-/m1/s1. The first kappa shape index (κ1) is 17.5. The van der Waals surface area contributed by atoms with Crippen LogP contribution in [0.4, 0.5) is 11.6 Å². The Morgan fingerprint density at radius 3 is 2.96 bits per heavy atom. The molecule has 2 heterocycles. The van der Waals surface area contributed by atoms with Crippen molar-refractivity contribution in [2.75, 3.05) is 11.9 Å². The number of anilines is 2. The van der Waals surface area contributed by atoms with Crippen LogP contribution in [0.5, 0.6) is 5.88 Å². The Hall–Kier alpha value is -3.31. The van der Waals surface area contributed by atoms with Gasteiger partial charge < -0.3 is 10.1 Å². The second kappa shape index (κ2) is 7.72. The van der Waals surface area contributed by atoms with Crippen LogP contribution in [0, 0.1) is 16.2 Å². The second-order valence-corrected chi connectivity index (χ2v) is 5.82. The van der Waals surface area contributed by atoms with Crippen LogP contribution < -0.4 is 10.1 Å². The molecule has 0 radical (unpaired) electrons. The maximum Gasteiger partial charge on any atom is 0.253 e. The van der Waals surface area contributed by atoms with Crippen LogP contribution in [0.15, 0.2) is 41.8 Å². The Morgan fingerprint density at radius 2 is 2.19 bits per heavy atom. The van der Waals surface area contributed by atoms with Crippen molar-refractivity contribution in [1.82, 2.24) is 15.0 Å². The lowest BCUT2D eigenvalue weighted by Crippen LogP contribution is -2.17. The van der Waals surface area contributed by atoms with Crippen LogP contribution in [0.2, 0.25) is 5.02 Å². The highest BCUT2D eigenvalue weighted by Gasteiger charge is 2.13. The molecule has 3 rings (SSSR count). The molecule has 0 bridgehead atoms. The maximum atomic E-state index is 10.3. The average Bonchev–Trinajstić information content (AvgIpc) is 2.62. The number of ether oxygens (including phenoxy) is 1. The minimum absolute atomic E-state index is 0.0200. The van der Waals surface area contributed by atoms with Crippen LogP contribution in [0.25, 0.3) is 10.8 Å². The van der Waals surface area contributed by atoms with Gasteiger partial charge in [0.1, 0.15) is 24.5 Å². The molecule has 0 unspecified atom stereocenters. The zero-order chi connectivity index (χ0) is 18.5. The highest BCUT2D eigenvalue weighted by atomic mass is 35.5. The van der Waals surface area contributed by atoms with Gasteiger partial charge in [-0.25, -0.2) is 9.97 Å². The van der Waals surface area contributed by atoms with Gasteiger partial charge in [0.25, 0.3) is 5.88 Å². The van der Waals surface area contributed by atoms with Gasteiger partial charge in [-0.05, 0) is 24.4 Å². The highest BCUT2D eigenvalue weighted by Crippen LogP contribution is 2.25. The summed E-state index contributed by atoms with van der Waals surface area (Å²) in [4.78, 5) is 22.9. The van der Waals surface area contributed by atoms with E-state index in [9.17, 15) is 4.91 Å². The summed E-state index contributed by atoms with van der Waals surface area (Å²) in [6, 6.07) is 9.28. The van der Waals surface area contributed by atoms with Crippen LogP contribution in [-0.2, 0) is 0 Å². The van der Waals surface area contributed by atoms with E-state index in [1.807, 2.05) is 24.3 Å². The molecule has 3 aromatic rings. The van der Waals surface area contributed by atoms with Crippen molar-refractivity contribution in [3.63, 3.8) is 0 Å². The Labute approximate surface area is 153 Å². The lowest BCUT2D eigenvalue weighted by atomic mass is 10.2. The van der Waals surface area contributed by atoms with E-state index in [2.05, 4.69) is 25.4 Å². The van der Waals surface area contributed by atoms with E-state index in [1.165, 1.54) is 6.20 Å². The fourth-order valence-electron chi connectivity index (χ4n) is 2.26. The number of benzene rings is 1. The summed E-state index contributed by atoms with van der Waals surface area (Å²) in [7, 11) is 0. The monoisotopic (exact) mass is 368 g/mol. The molecule has 0 fully saturated rings. The number of nitriles is 1. The van der Waals surface area contributed by atoms with Crippen LogP contribution in [0.3, 0.4) is 0 Å². The Kier molecular flexibility index (Phi) is 5.20. The van der Waals surface area contributed by atoms with Gasteiger partial charge >= 0.3 is 0 Å². The summed E-state index contributed by atoms with van der Waals surface area (Å²) in [6.07, 6.45) is 2.54. The molecular weight excluding hydrogens is 356 g/mol. The number of aromatic nitrogens is 3. The fourth-order valence-corrected chi connectivity index (χ4v) is 2.49. The first-order valence-corrected chi connectivity index (χ1v) is 8.02. The quantitative estimate of drug-likeness (QED) is 0.657. The van der Waals surface area contributed by atoms with Crippen molar-refractivity contribution >= 4 is 34.0 Å². The molecule has 130 valence electrons. The second-order valence-electron chi connectivity index (χ2n) is 5.42. The van der Waals surface area contributed by atoms with Gasteiger partial charge in [-0.15, -0.1) is 0 Å². The Morgan fingerprint density at radius 1 is 1.35 bits per heavy atom. The van der Waals surface area contributed by atoms with Crippen LogP contribution in [-0.4, -0.2) is 27.6 Å². The summed E-state index contributed by atoms with van der Waals surface area (Å²) >= 11 is 6.14. The average molecular weight is 369 g/mol. The molecule has 0 aliphatic rings. The predicted octanol–water partition coefficient (Wildman–Crippen LogP) is 3.83. The summed E-state index contributed by atoms with van der Waals surface area (Å²) in [5.74, 6) is 0.906. The van der Waals surface area contributed by atoms with Gasteiger partial charge in [-0.1, -0.05) is 28.9 Å². The van der Waals surface area contributed by atoms with E-state index in [0.717, 1.165) is 10.8 Å². The Balaban J connectivity index is 1.88. The van der Waals surface area contributed by atoms with E-state index < -0.39 is 6.10 Å². The van der Waals surface area contributed by atoms with E-state index >= 15 is 0 Å². The van der Waals surface area contributed by atoms with E-state index in [4.69, 9.17) is 21.6 Å². The number of hydrogen-bond donors (Lipinski definition) is 1. The molecule has 0 spiro atoms. The molecule has 0 saturated heterocycles. The third-order valence-electron chi connectivity index (χ3n) is 3.46. The molecule has 26 heavy (non-hydrogen) atoms. The summed E-state index contributed by atoms with van der Waals surface area (Å²) in [5.41, 5.74) is 0.0200. The third kappa shape index (κ3) is 3.84. The van der Waals surface area contributed by atoms with Crippen molar-refractivity contribution in [3.8, 4) is 11.9 Å². The van der Waals surface area contributed by atoms with Gasteiger partial charge in [0.15, 0.2) is 5.82 Å². The van der Waals surface area contributed by atoms with Gasteiger partial charge in [-0.2, -0.15) is 15.2 Å². The van der Waals surface area contributed by atoms with E-state index in [1.54, 1.807) is 19.2 Å². The summed E-state index contributed by atoms with van der Waals surface area (Å²) in [6.45, 7) is 1.59. The number of pyridine rings is 1. The maximum absolute atomic E-state index is 10.3. The molecule has 8 nitrogen and oxygen atoms in total. The molecule has 1 atom stereocenters. The number of halogens is 1. The smallest absolute Gasteiger partial charge is 0.253 e. The van der Waals surface area contributed by atoms with Gasteiger partial charge in [-0.3, -0.25) is 0 Å².